The predicted molar refractivity (Wildman–Crippen MR) is 67.5 cm³/mol. The Labute approximate surface area is 106 Å². The Morgan fingerprint density at radius 2 is 2.39 bits per heavy atom. The van der Waals surface area contributed by atoms with Crippen LogP contribution in [-0.4, -0.2) is 26.0 Å². The third-order valence-electron chi connectivity index (χ3n) is 3.43. The highest BCUT2D eigenvalue weighted by molar-refractivity contribution is 5.96. The Bertz CT molecular complexity index is 428. The summed E-state index contributed by atoms with van der Waals surface area (Å²) in [5, 5.41) is 3.26. The van der Waals surface area contributed by atoms with Gasteiger partial charge in [-0.05, 0) is 44.0 Å². The van der Waals surface area contributed by atoms with Crippen molar-refractivity contribution in [3.05, 3.63) is 29.6 Å². The minimum Gasteiger partial charge on any atom is -0.494 e. The fourth-order valence-corrected chi connectivity index (χ4v) is 2.31. The van der Waals surface area contributed by atoms with E-state index in [1.165, 1.54) is 19.2 Å². The van der Waals surface area contributed by atoms with Crippen LogP contribution in [0, 0.1) is 11.7 Å². The Morgan fingerprint density at radius 1 is 1.56 bits per heavy atom. The summed E-state index contributed by atoms with van der Waals surface area (Å²) >= 11 is 0. The molecule has 18 heavy (non-hydrogen) atoms. The molecule has 1 aromatic rings. The maximum absolute atomic E-state index is 13.9. The number of nitrogens with one attached hydrogen (secondary N) is 1. The van der Waals surface area contributed by atoms with Crippen LogP contribution in [0.1, 0.15) is 29.6 Å². The molecular weight excluding hydrogens is 233 g/mol. The molecule has 0 bridgehead atoms. The van der Waals surface area contributed by atoms with E-state index in [1.807, 2.05) is 0 Å². The lowest BCUT2D eigenvalue weighted by atomic mass is 9.98. The van der Waals surface area contributed by atoms with Crippen LogP contribution < -0.4 is 10.1 Å². The lowest BCUT2D eigenvalue weighted by molar-refractivity contribution is 0.0970. The van der Waals surface area contributed by atoms with Crippen molar-refractivity contribution in [1.29, 1.82) is 0 Å². The summed E-state index contributed by atoms with van der Waals surface area (Å²) < 4.78 is 18.7. The van der Waals surface area contributed by atoms with Crippen molar-refractivity contribution >= 4 is 5.78 Å². The molecule has 1 atom stereocenters. The number of benzene rings is 1. The normalized spacial score (nSPS) is 18.9. The molecule has 4 heteroatoms. The number of carbonyl (C=O) groups excluding carboxylic acids is 1. The number of ether oxygens (including phenoxy) is 1. The van der Waals surface area contributed by atoms with Gasteiger partial charge < -0.3 is 10.1 Å². The third-order valence-corrected chi connectivity index (χ3v) is 3.43. The summed E-state index contributed by atoms with van der Waals surface area (Å²) in [5.41, 5.74) is 0.139. The van der Waals surface area contributed by atoms with Gasteiger partial charge in [-0.25, -0.2) is 4.39 Å². The molecule has 1 N–H and O–H groups in total. The molecule has 2 rings (SSSR count). The van der Waals surface area contributed by atoms with E-state index in [2.05, 4.69) is 5.32 Å². The number of methoxy groups -OCH3 is 1. The fraction of sp³-hybridized carbons (Fsp3) is 0.500. The standard InChI is InChI=1S/C14H18FNO2/c1-18-13-4-2-3-11(14(13)15)12(17)6-5-10-7-8-16-9-10/h2-4,10,16H,5-9H2,1H3. The van der Waals surface area contributed by atoms with Gasteiger partial charge in [-0.2, -0.15) is 0 Å². The van der Waals surface area contributed by atoms with Crippen molar-refractivity contribution in [2.24, 2.45) is 5.92 Å². The van der Waals surface area contributed by atoms with Crippen LogP contribution in [0.3, 0.4) is 0 Å². The van der Waals surface area contributed by atoms with Crippen LogP contribution in [0.15, 0.2) is 18.2 Å². The molecule has 98 valence electrons. The van der Waals surface area contributed by atoms with Gasteiger partial charge in [0.05, 0.1) is 12.7 Å². The lowest BCUT2D eigenvalue weighted by Gasteiger charge is -2.09. The van der Waals surface area contributed by atoms with Gasteiger partial charge in [-0.3, -0.25) is 4.79 Å². The summed E-state index contributed by atoms with van der Waals surface area (Å²) in [6, 6.07) is 4.69. The number of ketones is 1. The zero-order chi connectivity index (χ0) is 13.0. The molecule has 1 heterocycles. The van der Waals surface area contributed by atoms with Gasteiger partial charge in [-0.1, -0.05) is 6.07 Å². The molecule has 1 aromatic carbocycles. The molecule has 0 saturated carbocycles. The van der Waals surface area contributed by atoms with Gasteiger partial charge >= 0.3 is 0 Å². The molecule has 1 aliphatic heterocycles. The fourth-order valence-electron chi connectivity index (χ4n) is 2.31. The smallest absolute Gasteiger partial charge is 0.175 e. The summed E-state index contributed by atoms with van der Waals surface area (Å²) in [4.78, 5) is 12.0. The Balaban J connectivity index is 1.99. The lowest BCUT2D eigenvalue weighted by Crippen LogP contribution is -2.11. The zero-order valence-electron chi connectivity index (χ0n) is 10.5. The SMILES string of the molecule is COc1cccc(C(=O)CCC2CCNC2)c1F. The van der Waals surface area contributed by atoms with E-state index in [0.29, 0.717) is 12.3 Å². The highest BCUT2D eigenvalue weighted by Crippen LogP contribution is 2.23. The maximum Gasteiger partial charge on any atom is 0.175 e. The van der Waals surface area contributed by atoms with Crippen LogP contribution in [0.4, 0.5) is 4.39 Å². The van der Waals surface area contributed by atoms with Crippen molar-refractivity contribution in [3.63, 3.8) is 0 Å². The van der Waals surface area contributed by atoms with Crippen LogP contribution in [-0.2, 0) is 0 Å². The quantitative estimate of drug-likeness (QED) is 0.817. The first-order chi connectivity index (χ1) is 8.72. The highest BCUT2D eigenvalue weighted by atomic mass is 19.1. The first-order valence-electron chi connectivity index (χ1n) is 6.28. The van der Waals surface area contributed by atoms with Crippen molar-refractivity contribution in [3.8, 4) is 5.75 Å². The molecule has 1 fully saturated rings. The molecule has 0 amide bonds. The van der Waals surface area contributed by atoms with Crippen LogP contribution in [0.2, 0.25) is 0 Å². The third kappa shape index (κ3) is 2.88. The van der Waals surface area contributed by atoms with Gasteiger partial charge in [0.2, 0.25) is 0 Å². The predicted octanol–water partition coefficient (Wildman–Crippen LogP) is 2.41. The number of hydrogen-bond acceptors (Lipinski definition) is 3. The summed E-state index contributed by atoms with van der Waals surface area (Å²) in [6.45, 7) is 1.99. The highest BCUT2D eigenvalue weighted by Gasteiger charge is 2.19. The molecule has 1 aliphatic rings. The van der Waals surface area contributed by atoms with E-state index in [9.17, 15) is 9.18 Å². The van der Waals surface area contributed by atoms with Crippen molar-refractivity contribution in [1.82, 2.24) is 5.32 Å². The largest absolute Gasteiger partial charge is 0.494 e. The monoisotopic (exact) mass is 251 g/mol. The second-order valence-electron chi connectivity index (χ2n) is 4.64. The summed E-state index contributed by atoms with van der Waals surface area (Å²) in [5.74, 6) is -0.0150. The number of rotatable bonds is 5. The molecule has 0 spiro atoms. The second-order valence-corrected chi connectivity index (χ2v) is 4.64. The zero-order valence-corrected chi connectivity index (χ0v) is 10.5. The number of hydrogen-bond donors (Lipinski definition) is 1. The number of halogens is 1. The minimum absolute atomic E-state index is 0.128. The number of Topliss-reactive ketones (excluding diaryl/α,β-unsaturated/α-hetero) is 1. The molecule has 0 aromatic heterocycles. The Kier molecular flexibility index (Phi) is 4.31. The van der Waals surface area contributed by atoms with Gasteiger partial charge in [0.1, 0.15) is 0 Å². The molecule has 0 radical (unpaired) electrons. The summed E-state index contributed by atoms with van der Waals surface area (Å²) in [6.07, 6.45) is 2.33. The van der Waals surface area contributed by atoms with E-state index in [4.69, 9.17) is 4.74 Å². The van der Waals surface area contributed by atoms with E-state index < -0.39 is 5.82 Å². The number of carbonyl (C=O) groups is 1. The molecule has 1 saturated heterocycles. The molecule has 3 nitrogen and oxygen atoms in total. The molecular formula is C14H18FNO2. The van der Waals surface area contributed by atoms with E-state index in [0.717, 1.165) is 25.9 Å². The second kappa shape index (κ2) is 5.96. The van der Waals surface area contributed by atoms with Gasteiger partial charge in [0, 0.05) is 6.42 Å². The first-order valence-corrected chi connectivity index (χ1v) is 6.28. The van der Waals surface area contributed by atoms with Crippen molar-refractivity contribution < 1.29 is 13.9 Å². The average Bonchev–Trinajstić information content (AvgIpc) is 2.89. The van der Waals surface area contributed by atoms with Gasteiger partial charge in [0.25, 0.3) is 0 Å². The van der Waals surface area contributed by atoms with Crippen LogP contribution in [0.5, 0.6) is 5.75 Å². The minimum atomic E-state index is -0.547. The summed E-state index contributed by atoms with van der Waals surface area (Å²) in [7, 11) is 1.40. The molecule has 0 aliphatic carbocycles. The van der Waals surface area contributed by atoms with E-state index in [1.54, 1.807) is 6.07 Å². The van der Waals surface area contributed by atoms with Gasteiger partial charge in [0.15, 0.2) is 17.3 Å². The van der Waals surface area contributed by atoms with E-state index >= 15 is 0 Å². The first kappa shape index (κ1) is 13.0. The Morgan fingerprint density at radius 3 is 3.06 bits per heavy atom. The molecule has 1 unspecified atom stereocenters. The van der Waals surface area contributed by atoms with Gasteiger partial charge in [-0.15, -0.1) is 0 Å². The topological polar surface area (TPSA) is 38.3 Å². The maximum atomic E-state index is 13.9. The van der Waals surface area contributed by atoms with Crippen LogP contribution in [0.25, 0.3) is 0 Å². The Hall–Kier alpha value is -1.42. The average molecular weight is 251 g/mol. The van der Waals surface area contributed by atoms with E-state index in [-0.39, 0.29) is 17.1 Å². The van der Waals surface area contributed by atoms with Crippen molar-refractivity contribution in [2.75, 3.05) is 20.2 Å². The van der Waals surface area contributed by atoms with Crippen molar-refractivity contribution in [2.45, 2.75) is 19.3 Å². The van der Waals surface area contributed by atoms with Crippen LogP contribution >= 0.6 is 0 Å².